The lowest BCUT2D eigenvalue weighted by atomic mass is 9.92. The highest BCUT2D eigenvalue weighted by atomic mass is 16.5. The Balaban J connectivity index is 1.87. The number of nitrogens with two attached hydrogens (primary N) is 1. The monoisotopic (exact) mass is 285 g/mol. The lowest BCUT2D eigenvalue weighted by Crippen LogP contribution is -2.49. The molecule has 0 radical (unpaired) electrons. The van der Waals surface area contributed by atoms with Crippen LogP contribution in [0.25, 0.3) is 10.9 Å². The number of nitrogens with zero attached hydrogens (tertiary/aromatic N) is 1. The molecule has 3 rings (SSSR count). The number of hydrogen-bond acceptors (Lipinski definition) is 4. The van der Waals surface area contributed by atoms with Crippen LogP contribution >= 0.6 is 0 Å². The first-order valence-electron chi connectivity index (χ1n) is 7.13. The number of hydrogen-bond donors (Lipinski definition) is 2. The normalized spacial score (nSPS) is 17.6. The SMILES string of the molecule is CC1(NC(=O)c2cc(N)c3ccccc3n2)CCOCC1. The van der Waals surface area contributed by atoms with Crippen molar-refractivity contribution in [2.45, 2.75) is 25.3 Å². The fraction of sp³-hybridized carbons (Fsp3) is 0.375. The quantitative estimate of drug-likeness (QED) is 0.886. The lowest BCUT2D eigenvalue weighted by Gasteiger charge is -2.34. The molecule has 0 atom stereocenters. The zero-order chi connectivity index (χ0) is 14.9. The maximum Gasteiger partial charge on any atom is 0.270 e. The molecule has 0 spiro atoms. The van der Waals surface area contributed by atoms with Gasteiger partial charge in [-0.2, -0.15) is 0 Å². The van der Waals surface area contributed by atoms with E-state index in [-0.39, 0.29) is 11.4 Å². The highest BCUT2D eigenvalue weighted by Crippen LogP contribution is 2.23. The molecule has 1 aromatic heterocycles. The first kappa shape index (κ1) is 13.8. The summed E-state index contributed by atoms with van der Waals surface area (Å²) in [6.45, 7) is 3.38. The van der Waals surface area contributed by atoms with E-state index in [4.69, 9.17) is 10.5 Å². The molecule has 0 saturated carbocycles. The molecule has 2 heterocycles. The Morgan fingerprint density at radius 1 is 1.33 bits per heavy atom. The van der Waals surface area contributed by atoms with Crippen LogP contribution < -0.4 is 11.1 Å². The van der Waals surface area contributed by atoms with Gasteiger partial charge in [0.05, 0.1) is 5.52 Å². The fourth-order valence-corrected chi connectivity index (χ4v) is 2.60. The van der Waals surface area contributed by atoms with Crippen molar-refractivity contribution in [1.29, 1.82) is 0 Å². The van der Waals surface area contributed by atoms with Gasteiger partial charge in [-0.05, 0) is 31.9 Å². The van der Waals surface area contributed by atoms with Crippen LogP contribution in [0.2, 0.25) is 0 Å². The average Bonchev–Trinajstić information content (AvgIpc) is 2.47. The molecule has 3 N–H and O–H groups in total. The average molecular weight is 285 g/mol. The molecule has 21 heavy (non-hydrogen) atoms. The van der Waals surface area contributed by atoms with Gasteiger partial charge in [0.1, 0.15) is 5.69 Å². The number of nitrogen functional groups attached to an aromatic ring is 1. The molecule has 5 heteroatoms. The van der Waals surface area contributed by atoms with Gasteiger partial charge >= 0.3 is 0 Å². The first-order valence-corrected chi connectivity index (χ1v) is 7.13. The largest absolute Gasteiger partial charge is 0.398 e. The van der Waals surface area contributed by atoms with E-state index in [1.165, 1.54) is 0 Å². The standard InChI is InChI=1S/C16H19N3O2/c1-16(6-8-21-9-7-16)19-15(20)14-10-12(17)11-4-2-3-5-13(11)18-14/h2-5,10H,6-9H2,1H3,(H2,17,18)(H,19,20). The molecule has 0 unspecified atom stereocenters. The Labute approximate surface area is 123 Å². The van der Waals surface area contributed by atoms with Crippen LogP contribution in [-0.4, -0.2) is 29.6 Å². The lowest BCUT2D eigenvalue weighted by molar-refractivity contribution is 0.0421. The fourth-order valence-electron chi connectivity index (χ4n) is 2.60. The molecule has 1 fully saturated rings. The number of anilines is 1. The number of aromatic nitrogens is 1. The number of fused-ring (bicyclic) bond motifs is 1. The van der Waals surface area contributed by atoms with E-state index in [0.717, 1.165) is 23.7 Å². The molecule has 1 aliphatic heterocycles. The van der Waals surface area contributed by atoms with Gasteiger partial charge in [0.2, 0.25) is 0 Å². The Bertz CT molecular complexity index is 678. The van der Waals surface area contributed by atoms with Gasteiger partial charge in [-0.3, -0.25) is 4.79 Å². The number of rotatable bonds is 2. The number of benzene rings is 1. The topological polar surface area (TPSA) is 77.2 Å². The molecule has 0 bridgehead atoms. The van der Waals surface area contributed by atoms with Crippen molar-refractivity contribution in [1.82, 2.24) is 10.3 Å². The Morgan fingerprint density at radius 3 is 2.81 bits per heavy atom. The number of ether oxygens (including phenoxy) is 1. The van der Waals surface area contributed by atoms with Gasteiger partial charge in [-0.15, -0.1) is 0 Å². The highest BCUT2D eigenvalue weighted by Gasteiger charge is 2.29. The second-order valence-electron chi connectivity index (χ2n) is 5.74. The van der Waals surface area contributed by atoms with E-state index in [2.05, 4.69) is 10.3 Å². The summed E-state index contributed by atoms with van der Waals surface area (Å²) >= 11 is 0. The van der Waals surface area contributed by atoms with Crippen LogP contribution in [0.15, 0.2) is 30.3 Å². The van der Waals surface area contributed by atoms with E-state index in [9.17, 15) is 4.79 Å². The van der Waals surface area contributed by atoms with Crippen LogP contribution in [0.1, 0.15) is 30.3 Å². The van der Waals surface area contributed by atoms with E-state index in [1.54, 1.807) is 6.07 Å². The number of para-hydroxylation sites is 1. The third-order valence-electron chi connectivity index (χ3n) is 3.99. The van der Waals surface area contributed by atoms with E-state index in [0.29, 0.717) is 24.6 Å². The summed E-state index contributed by atoms with van der Waals surface area (Å²) in [6.07, 6.45) is 1.61. The van der Waals surface area contributed by atoms with Crippen LogP contribution in [0.4, 0.5) is 5.69 Å². The van der Waals surface area contributed by atoms with E-state index >= 15 is 0 Å². The highest BCUT2D eigenvalue weighted by molar-refractivity contribution is 5.99. The molecular weight excluding hydrogens is 266 g/mol. The van der Waals surface area contributed by atoms with Gasteiger partial charge in [0, 0.05) is 29.8 Å². The molecule has 2 aromatic rings. The van der Waals surface area contributed by atoms with Crippen molar-refractivity contribution in [3.05, 3.63) is 36.0 Å². The van der Waals surface area contributed by atoms with Crippen LogP contribution in [-0.2, 0) is 4.74 Å². The van der Waals surface area contributed by atoms with Crippen molar-refractivity contribution in [2.75, 3.05) is 18.9 Å². The summed E-state index contributed by atoms with van der Waals surface area (Å²) in [7, 11) is 0. The summed E-state index contributed by atoms with van der Waals surface area (Å²) in [6, 6.07) is 9.19. The van der Waals surface area contributed by atoms with Gasteiger partial charge in [0.15, 0.2) is 0 Å². The van der Waals surface area contributed by atoms with Gasteiger partial charge in [-0.25, -0.2) is 4.98 Å². The summed E-state index contributed by atoms with van der Waals surface area (Å²) < 4.78 is 5.34. The number of amides is 1. The number of nitrogens with one attached hydrogen (secondary N) is 1. The summed E-state index contributed by atoms with van der Waals surface area (Å²) in [5.74, 6) is -0.183. The molecule has 1 saturated heterocycles. The third kappa shape index (κ3) is 2.83. The van der Waals surface area contributed by atoms with Crippen molar-refractivity contribution >= 4 is 22.5 Å². The molecule has 1 aliphatic rings. The van der Waals surface area contributed by atoms with Gasteiger partial charge in [-0.1, -0.05) is 18.2 Å². The third-order valence-corrected chi connectivity index (χ3v) is 3.99. The first-order chi connectivity index (χ1) is 10.1. The number of carbonyl (C=O) groups is 1. The number of carbonyl (C=O) groups excluding carboxylic acids is 1. The molecule has 0 aliphatic carbocycles. The van der Waals surface area contributed by atoms with Crippen LogP contribution in [0.5, 0.6) is 0 Å². The maximum absolute atomic E-state index is 12.4. The zero-order valence-electron chi connectivity index (χ0n) is 12.1. The van der Waals surface area contributed by atoms with E-state index in [1.807, 2.05) is 31.2 Å². The Morgan fingerprint density at radius 2 is 2.05 bits per heavy atom. The molecule has 110 valence electrons. The van der Waals surface area contributed by atoms with Gasteiger partial charge < -0.3 is 15.8 Å². The smallest absolute Gasteiger partial charge is 0.270 e. The van der Waals surface area contributed by atoms with Gasteiger partial charge in [0.25, 0.3) is 5.91 Å². The molecular formula is C16H19N3O2. The summed E-state index contributed by atoms with van der Waals surface area (Å²) in [5.41, 5.74) is 7.45. The predicted octanol–water partition coefficient (Wildman–Crippen LogP) is 2.12. The van der Waals surface area contributed by atoms with Crippen LogP contribution in [0, 0.1) is 0 Å². The minimum absolute atomic E-state index is 0.183. The van der Waals surface area contributed by atoms with Crippen molar-refractivity contribution in [3.63, 3.8) is 0 Å². The van der Waals surface area contributed by atoms with Crippen molar-refractivity contribution < 1.29 is 9.53 Å². The summed E-state index contributed by atoms with van der Waals surface area (Å²) in [5, 5.41) is 3.93. The van der Waals surface area contributed by atoms with Crippen molar-refractivity contribution in [2.24, 2.45) is 0 Å². The second-order valence-corrected chi connectivity index (χ2v) is 5.74. The molecule has 1 amide bonds. The predicted molar refractivity (Wildman–Crippen MR) is 82.1 cm³/mol. The zero-order valence-corrected chi connectivity index (χ0v) is 12.1. The second kappa shape index (κ2) is 5.33. The maximum atomic E-state index is 12.4. The minimum atomic E-state index is -0.239. The Hall–Kier alpha value is -2.14. The molecule has 1 aromatic carbocycles. The van der Waals surface area contributed by atoms with Crippen LogP contribution in [0.3, 0.4) is 0 Å². The number of pyridine rings is 1. The Kier molecular flexibility index (Phi) is 3.51. The summed E-state index contributed by atoms with van der Waals surface area (Å²) in [4.78, 5) is 16.9. The van der Waals surface area contributed by atoms with E-state index < -0.39 is 0 Å². The minimum Gasteiger partial charge on any atom is -0.398 e. The van der Waals surface area contributed by atoms with Crippen molar-refractivity contribution in [3.8, 4) is 0 Å². The molecule has 5 nitrogen and oxygen atoms in total.